The number of nitrogens with one attached hydrogen (secondary N) is 1. The van der Waals surface area contributed by atoms with E-state index in [-0.39, 0.29) is 22.8 Å². The Hall–Kier alpha value is -3.06. The molecule has 0 radical (unpaired) electrons. The van der Waals surface area contributed by atoms with E-state index in [1.54, 1.807) is 25.2 Å². The predicted molar refractivity (Wildman–Crippen MR) is 98.6 cm³/mol. The standard InChI is InChI=1S/C18H16ClN3O4/c1-21-14-5-3-4-6-15(14)22(18(21)25)10-16(23)20-11-7-8-13(19)12(9-11)17(24)26-2/h3-9H,10H2,1-2H3,(H,20,23). The third kappa shape index (κ3) is 3.21. The SMILES string of the molecule is COC(=O)c1cc(NC(=O)Cn2c(=O)n(C)c3ccccc32)ccc1Cl. The number of methoxy groups -OCH3 is 1. The molecule has 0 unspecified atom stereocenters. The van der Waals surface area contributed by atoms with Crippen molar-refractivity contribution in [2.45, 2.75) is 6.54 Å². The van der Waals surface area contributed by atoms with Crippen LogP contribution in [0.15, 0.2) is 47.3 Å². The van der Waals surface area contributed by atoms with Crippen molar-refractivity contribution < 1.29 is 14.3 Å². The number of aromatic nitrogens is 2. The molecule has 1 amide bonds. The molecule has 0 aliphatic rings. The molecule has 1 N–H and O–H groups in total. The fourth-order valence-corrected chi connectivity index (χ4v) is 2.92. The molecule has 0 spiro atoms. The van der Waals surface area contributed by atoms with Crippen LogP contribution >= 0.6 is 11.6 Å². The highest BCUT2D eigenvalue weighted by molar-refractivity contribution is 6.33. The average molecular weight is 374 g/mol. The van der Waals surface area contributed by atoms with Gasteiger partial charge in [0, 0.05) is 12.7 Å². The number of esters is 1. The number of para-hydroxylation sites is 2. The molecule has 0 saturated carbocycles. The van der Waals surface area contributed by atoms with Crippen LogP contribution in [0.1, 0.15) is 10.4 Å². The van der Waals surface area contributed by atoms with Crippen LogP contribution in [0.5, 0.6) is 0 Å². The molecule has 1 heterocycles. The van der Waals surface area contributed by atoms with Crippen molar-refractivity contribution in [3.05, 3.63) is 63.5 Å². The van der Waals surface area contributed by atoms with Crippen LogP contribution in [0.2, 0.25) is 5.02 Å². The molecule has 0 bridgehead atoms. The van der Waals surface area contributed by atoms with Gasteiger partial charge in [-0.05, 0) is 30.3 Å². The Morgan fingerprint density at radius 1 is 1.15 bits per heavy atom. The van der Waals surface area contributed by atoms with Crippen LogP contribution in [-0.4, -0.2) is 28.1 Å². The Kier molecular flexibility index (Phi) is 4.81. The maximum Gasteiger partial charge on any atom is 0.339 e. The summed E-state index contributed by atoms with van der Waals surface area (Å²) in [6, 6.07) is 11.7. The number of imidazole rings is 1. The van der Waals surface area contributed by atoms with Gasteiger partial charge in [-0.25, -0.2) is 9.59 Å². The first-order valence-electron chi connectivity index (χ1n) is 7.74. The molecule has 0 fully saturated rings. The highest BCUT2D eigenvalue weighted by Gasteiger charge is 2.15. The summed E-state index contributed by atoms with van der Waals surface area (Å²) in [5.74, 6) is -1.00. The Bertz CT molecular complexity index is 1070. The van der Waals surface area contributed by atoms with Gasteiger partial charge >= 0.3 is 11.7 Å². The summed E-state index contributed by atoms with van der Waals surface area (Å²) in [4.78, 5) is 36.5. The lowest BCUT2D eigenvalue weighted by atomic mass is 10.2. The van der Waals surface area contributed by atoms with E-state index in [2.05, 4.69) is 10.1 Å². The van der Waals surface area contributed by atoms with Gasteiger partial charge in [-0.2, -0.15) is 0 Å². The van der Waals surface area contributed by atoms with E-state index in [9.17, 15) is 14.4 Å². The summed E-state index contributed by atoms with van der Waals surface area (Å²) in [7, 11) is 2.90. The number of nitrogens with zero attached hydrogens (tertiary/aromatic N) is 2. The number of aryl methyl sites for hydroxylation is 1. The quantitative estimate of drug-likeness (QED) is 0.712. The minimum Gasteiger partial charge on any atom is -0.465 e. The normalized spacial score (nSPS) is 10.7. The first-order chi connectivity index (χ1) is 12.4. The number of halogens is 1. The Balaban J connectivity index is 1.86. The number of ether oxygens (including phenoxy) is 1. The summed E-state index contributed by atoms with van der Waals surface area (Å²) in [6.45, 7) is -0.156. The zero-order chi connectivity index (χ0) is 18.8. The number of rotatable bonds is 4. The van der Waals surface area contributed by atoms with Gasteiger partial charge < -0.3 is 10.1 Å². The van der Waals surface area contributed by atoms with Crippen molar-refractivity contribution in [1.82, 2.24) is 9.13 Å². The number of hydrogen-bond acceptors (Lipinski definition) is 4. The van der Waals surface area contributed by atoms with Crippen molar-refractivity contribution >= 4 is 40.2 Å². The number of amides is 1. The van der Waals surface area contributed by atoms with Crippen LogP contribution in [0.25, 0.3) is 11.0 Å². The Morgan fingerprint density at radius 2 is 1.85 bits per heavy atom. The minimum atomic E-state index is -0.601. The van der Waals surface area contributed by atoms with Gasteiger partial charge in [-0.15, -0.1) is 0 Å². The van der Waals surface area contributed by atoms with E-state index >= 15 is 0 Å². The minimum absolute atomic E-state index is 0.147. The third-order valence-corrected chi connectivity index (χ3v) is 4.34. The second-order valence-electron chi connectivity index (χ2n) is 5.65. The molecule has 0 atom stereocenters. The van der Waals surface area contributed by atoms with Gasteiger partial charge in [0.1, 0.15) is 6.54 Å². The van der Waals surface area contributed by atoms with Gasteiger partial charge in [0.05, 0.1) is 28.7 Å². The molecule has 0 aliphatic carbocycles. The van der Waals surface area contributed by atoms with Crippen molar-refractivity contribution in [3.8, 4) is 0 Å². The molecule has 1 aromatic heterocycles. The molecule has 0 saturated heterocycles. The summed E-state index contributed by atoms with van der Waals surface area (Å²) in [5.41, 5.74) is 1.65. The number of carbonyl (C=O) groups excluding carboxylic acids is 2. The second kappa shape index (κ2) is 7.05. The molecular weight excluding hydrogens is 358 g/mol. The predicted octanol–water partition coefficient (Wildman–Crippen LogP) is 2.42. The van der Waals surface area contributed by atoms with Crippen LogP contribution in [0, 0.1) is 0 Å². The number of anilines is 1. The molecule has 0 aliphatic heterocycles. The lowest BCUT2D eigenvalue weighted by Gasteiger charge is -2.09. The number of benzene rings is 2. The van der Waals surface area contributed by atoms with Gasteiger partial charge in [-0.1, -0.05) is 23.7 Å². The number of carbonyl (C=O) groups is 2. The fraction of sp³-hybridized carbons (Fsp3) is 0.167. The number of hydrogen-bond donors (Lipinski definition) is 1. The molecule has 8 heteroatoms. The van der Waals surface area contributed by atoms with Crippen LogP contribution in [-0.2, 0) is 23.1 Å². The Morgan fingerprint density at radius 3 is 2.54 bits per heavy atom. The molecule has 2 aromatic carbocycles. The van der Waals surface area contributed by atoms with Crippen molar-refractivity contribution in [3.63, 3.8) is 0 Å². The summed E-state index contributed by atoms with van der Waals surface area (Å²) >= 11 is 5.96. The fourth-order valence-electron chi connectivity index (χ4n) is 2.73. The van der Waals surface area contributed by atoms with E-state index < -0.39 is 11.9 Å². The smallest absolute Gasteiger partial charge is 0.339 e. The van der Waals surface area contributed by atoms with Gasteiger partial charge in [0.15, 0.2) is 0 Å². The molecule has 26 heavy (non-hydrogen) atoms. The molecule has 3 aromatic rings. The van der Waals surface area contributed by atoms with E-state index in [1.807, 2.05) is 12.1 Å². The lowest BCUT2D eigenvalue weighted by Crippen LogP contribution is -2.28. The van der Waals surface area contributed by atoms with Gasteiger partial charge in [-0.3, -0.25) is 13.9 Å². The third-order valence-electron chi connectivity index (χ3n) is 4.01. The molecule has 3 rings (SSSR count). The first kappa shape index (κ1) is 17.8. The highest BCUT2D eigenvalue weighted by Crippen LogP contribution is 2.21. The van der Waals surface area contributed by atoms with E-state index in [0.717, 1.165) is 5.52 Å². The first-order valence-corrected chi connectivity index (χ1v) is 8.12. The zero-order valence-electron chi connectivity index (χ0n) is 14.2. The summed E-state index contributed by atoms with van der Waals surface area (Å²) in [5, 5.41) is 2.89. The lowest BCUT2D eigenvalue weighted by molar-refractivity contribution is -0.116. The van der Waals surface area contributed by atoms with E-state index in [1.165, 1.54) is 28.4 Å². The summed E-state index contributed by atoms with van der Waals surface area (Å²) in [6.07, 6.45) is 0. The zero-order valence-corrected chi connectivity index (χ0v) is 14.9. The van der Waals surface area contributed by atoms with Gasteiger partial charge in [0.25, 0.3) is 0 Å². The molecule has 134 valence electrons. The van der Waals surface area contributed by atoms with Crippen LogP contribution in [0.4, 0.5) is 5.69 Å². The van der Waals surface area contributed by atoms with Gasteiger partial charge in [0.2, 0.25) is 5.91 Å². The summed E-state index contributed by atoms with van der Waals surface area (Å²) < 4.78 is 7.53. The van der Waals surface area contributed by atoms with Crippen molar-refractivity contribution in [2.24, 2.45) is 7.05 Å². The topological polar surface area (TPSA) is 82.3 Å². The van der Waals surface area contributed by atoms with Crippen molar-refractivity contribution in [1.29, 1.82) is 0 Å². The van der Waals surface area contributed by atoms with Crippen molar-refractivity contribution in [2.75, 3.05) is 12.4 Å². The maximum absolute atomic E-state index is 12.4. The monoisotopic (exact) mass is 373 g/mol. The average Bonchev–Trinajstić information content (AvgIpc) is 2.88. The van der Waals surface area contributed by atoms with Crippen LogP contribution < -0.4 is 11.0 Å². The highest BCUT2D eigenvalue weighted by atomic mass is 35.5. The number of fused-ring (bicyclic) bond motifs is 1. The largest absolute Gasteiger partial charge is 0.465 e. The van der Waals surface area contributed by atoms with Crippen LogP contribution in [0.3, 0.4) is 0 Å². The van der Waals surface area contributed by atoms with E-state index in [0.29, 0.717) is 11.2 Å². The maximum atomic E-state index is 12.4. The molecule has 7 nitrogen and oxygen atoms in total. The molecular formula is C18H16ClN3O4. The second-order valence-corrected chi connectivity index (χ2v) is 6.06. The van der Waals surface area contributed by atoms with E-state index in [4.69, 9.17) is 11.6 Å². The Labute approximate surface area is 153 Å².